The zero-order chi connectivity index (χ0) is 16.2. The van der Waals surface area contributed by atoms with Crippen LogP contribution in [0.3, 0.4) is 0 Å². The predicted octanol–water partition coefficient (Wildman–Crippen LogP) is 3.68. The van der Waals surface area contributed by atoms with Gasteiger partial charge in [-0.05, 0) is 55.2 Å². The van der Waals surface area contributed by atoms with Crippen LogP contribution >= 0.6 is 0 Å². The number of nitrogens with two attached hydrogens (primary N) is 1. The van der Waals surface area contributed by atoms with Crippen molar-refractivity contribution < 1.29 is 4.79 Å². The highest BCUT2D eigenvalue weighted by Crippen LogP contribution is 2.29. The van der Waals surface area contributed by atoms with Crippen molar-refractivity contribution in [2.45, 2.75) is 26.2 Å². The number of carbonyl (C=O) groups is 1. The fourth-order valence-corrected chi connectivity index (χ4v) is 2.97. The van der Waals surface area contributed by atoms with Crippen LogP contribution < -0.4 is 16.0 Å². The third-order valence-electron chi connectivity index (χ3n) is 4.36. The van der Waals surface area contributed by atoms with Gasteiger partial charge in [-0.15, -0.1) is 0 Å². The molecule has 0 atom stereocenters. The lowest BCUT2D eigenvalue weighted by molar-refractivity contribution is 0.102. The van der Waals surface area contributed by atoms with Gasteiger partial charge in [-0.3, -0.25) is 4.79 Å². The van der Waals surface area contributed by atoms with Gasteiger partial charge in [-0.2, -0.15) is 0 Å². The molecule has 0 bridgehead atoms. The second-order valence-corrected chi connectivity index (χ2v) is 5.97. The smallest absolute Gasteiger partial charge is 0.255 e. The number of hydrogen-bond donors (Lipinski definition) is 2. The summed E-state index contributed by atoms with van der Waals surface area (Å²) in [6.45, 7) is 4.21. The van der Waals surface area contributed by atoms with Gasteiger partial charge in [0.15, 0.2) is 0 Å². The van der Waals surface area contributed by atoms with Gasteiger partial charge in [0.25, 0.3) is 5.91 Å². The second kappa shape index (κ2) is 6.73. The third kappa shape index (κ3) is 3.47. The minimum absolute atomic E-state index is 0.110. The molecule has 0 unspecified atom stereocenters. The second-order valence-electron chi connectivity index (χ2n) is 5.97. The van der Waals surface area contributed by atoms with Gasteiger partial charge >= 0.3 is 0 Å². The van der Waals surface area contributed by atoms with Crippen LogP contribution in [0.1, 0.15) is 35.7 Å². The molecule has 0 aromatic heterocycles. The molecule has 0 spiro atoms. The number of carbonyl (C=O) groups excluding carboxylic acids is 1. The maximum atomic E-state index is 12.3. The highest BCUT2D eigenvalue weighted by atomic mass is 16.1. The van der Waals surface area contributed by atoms with Gasteiger partial charge in [-0.25, -0.2) is 0 Å². The largest absolute Gasteiger partial charge is 0.397 e. The van der Waals surface area contributed by atoms with Crippen molar-refractivity contribution in [2.75, 3.05) is 29.0 Å². The number of nitrogens with zero attached hydrogens (tertiary/aromatic N) is 1. The van der Waals surface area contributed by atoms with Gasteiger partial charge < -0.3 is 16.0 Å². The molecule has 1 aliphatic heterocycles. The molecule has 1 amide bonds. The molecule has 120 valence electrons. The Balaban J connectivity index is 1.71. The zero-order valence-electron chi connectivity index (χ0n) is 13.5. The standard InChI is InChI=1S/C19H23N3O/c1-2-14-5-7-15(8-6-14)19(23)21-16-9-10-18(17(20)13-16)22-11-3-4-12-22/h5-10,13H,2-4,11-12,20H2,1H3,(H,21,23). The van der Waals surface area contributed by atoms with E-state index in [2.05, 4.69) is 17.1 Å². The molecule has 0 saturated carbocycles. The summed E-state index contributed by atoms with van der Waals surface area (Å²) in [5.74, 6) is -0.110. The first kappa shape index (κ1) is 15.4. The molecular formula is C19H23N3O. The Hall–Kier alpha value is -2.49. The van der Waals surface area contributed by atoms with Crippen molar-refractivity contribution in [3.63, 3.8) is 0 Å². The predicted molar refractivity (Wildman–Crippen MR) is 96.1 cm³/mol. The molecule has 3 N–H and O–H groups in total. The van der Waals surface area contributed by atoms with Crippen LogP contribution in [0.15, 0.2) is 42.5 Å². The van der Waals surface area contributed by atoms with Crippen LogP contribution in [0.5, 0.6) is 0 Å². The fraction of sp³-hybridized carbons (Fsp3) is 0.316. The van der Waals surface area contributed by atoms with Crippen molar-refractivity contribution in [3.05, 3.63) is 53.6 Å². The first-order valence-electron chi connectivity index (χ1n) is 8.22. The molecule has 0 radical (unpaired) electrons. The monoisotopic (exact) mass is 309 g/mol. The molecule has 1 fully saturated rings. The maximum absolute atomic E-state index is 12.3. The summed E-state index contributed by atoms with van der Waals surface area (Å²) in [6, 6.07) is 13.4. The molecule has 1 saturated heterocycles. The fourth-order valence-electron chi connectivity index (χ4n) is 2.97. The topological polar surface area (TPSA) is 58.4 Å². The number of nitrogens with one attached hydrogen (secondary N) is 1. The van der Waals surface area contributed by atoms with Gasteiger partial charge in [0.1, 0.15) is 0 Å². The molecule has 2 aromatic rings. The Morgan fingerprint density at radius 2 is 1.83 bits per heavy atom. The van der Waals surface area contributed by atoms with E-state index in [4.69, 9.17) is 5.73 Å². The van der Waals surface area contributed by atoms with E-state index in [0.29, 0.717) is 11.3 Å². The maximum Gasteiger partial charge on any atom is 0.255 e. The lowest BCUT2D eigenvalue weighted by Gasteiger charge is -2.20. The van der Waals surface area contributed by atoms with Crippen LogP contribution in [0.25, 0.3) is 0 Å². The average Bonchev–Trinajstić information content (AvgIpc) is 3.09. The Bertz CT molecular complexity index is 688. The van der Waals surface area contributed by atoms with Crippen molar-refractivity contribution in [3.8, 4) is 0 Å². The highest BCUT2D eigenvalue weighted by Gasteiger charge is 2.15. The summed E-state index contributed by atoms with van der Waals surface area (Å²) in [6.07, 6.45) is 3.40. The summed E-state index contributed by atoms with van der Waals surface area (Å²) in [4.78, 5) is 14.6. The van der Waals surface area contributed by atoms with E-state index in [1.165, 1.54) is 18.4 Å². The molecule has 1 aliphatic rings. The number of rotatable bonds is 4. The molecule has 4 heteroatoms. The highest BCUT2D eigenvalue weighted by molar-refractivity contribution is 6.04. The Morgan fingerprint density at radius 1 is 1.13 bits per heavy atom. The number of aryl methyl sites for hydroxylation is 1. The van der Waals surface area contributed by atoms with Crippen molar-refractivity contribution >= 4 is 23.0 Å². The molecule has 3 rings (SSSR count). The first-order valence-corrected chi connectivity index (χ1v) is 8.22. The first-order chi connectivity index (χ1) is 11.2. The van der Waals surface area contributed by atoms with E-state index in [1.54, 1.807) is 0 Å². The average molecular weight is 309 g/mol. The van der Waals surface area contributed by atoms with E-state index < -0.39 is 0 Å². The van der Waals surface area contributed by atoms with Gasteiger partial charge in [0.2, 0.25) is 0 Å². The Labute approximate surface area is 137 Å². The minimum Gasteiger partial charge on any atom is -0.397 e. The van der Waals surface area contributed by atoms with E-state index in [9.17, 15) is 4.79 Å². The summed E-state index contributed by atoms with van der Waals surface area (Å²) in [5, 5.41) is 2.92. The number of hydrogen-bond acceptors (Lipinski definition) is 3. The van der Waals surface area contributed by atoms with E-state index in [1.807, 2.05) is 42.5 Å². The van der Waals surface area contributed by atoms with E-state index in [-0.39, 0.29) is 5.91 Å². The van der Waals surface area contributed by atoms with Crippen LogP contribution in [0, 0.1) is 0 Å². The molecule has 0 aliphatic carbocycles. The lowest BCUT2D eigenvalue weighted by atomic mass is 10.1. The number of nitrogen functional groups attached to an aromatic ring is 1. The van der Waals surface area contributed by atoms with Crippen molar-refractivity contribution in [1.82, 2.24) is 0 Å². The normalized spacial score (nSPS) is 14.0. The lowest BCUT2D eigenvalue weighted by Crippen LogP contribution is -2.19. The van der Waals surface area contributed by atoms with Crippen molar-refractivity contribution in [2.24, 2.45) is 0 Å². The molecule has 4 nitrogen and oxygen atoms in total. The molecule has 23 heavy (non-hydrogen) atoms. The van der Waals surface area contributed by atoms with Crippen LogP contribution in [0.4, 0.5) is 17.1 Å². The Kier molecular flexibility index (Phi) is 4.51. The van der Waals surface area contributed by atoms with Gasteiger partial charge in [-0.1, -0.05) is 19.1 Å². The van der Waals surface area contributed by atoms with Crippen molar-refractivity contribution in [1.29, 1.82) is 0 Å². The van der Waals surface area contributed by atoms with Crippen LogP contribution in [-0.4, -0.2) is 19.0 Å². The summed E-state index contributed by atoms with van der Waals surface area (Å²) in [7, 11) is 0. The van der Waals surface area contributed by atoms with Gasteiger partial charge in [0, 0.05) is 24.3 Å². The third-order valence-corrected chi connectivity index (χ3v) is 4.36. The number of anilines is 3. The van der Waals surface area contributed by atoms with Gasteiger partial charge in [0.05, 0.1) is 11.4 Å². The molecular weight excluding hydrogens is 286 g/mol. The number of benzene rings is 2. The molecule has 2 aromatic carbocycles. The summed E-state index contributed by atoms with van der Waals surface area (Å²) >= 11 is 0. The van der Waals surface area contributed by atoms with E-state index >= 15 is 0 Å². The summed E-state index contributed by atoms with van der Waals surface area (Å²) in [5.41, 5.74) is 10.5. The quantitative estimate of drug-likeness (QED) is 0.847. The Morgan fingerprint density at radius 3 is 2.43 bits per heavy atom. The number of amides is 1. The van der Waals surface area contributed by atoms with E-state index in [0.717, 1.165) is 30.9 Å². The SMILES string of the molecule is CCc1ccc(C(=O)Nc2ccc(N3CCCC3)c(N)c2)cc1. The minimum atomic E-state index is -0.110. The zero-order valence-corrected chi connectivity index (χ0v) is 13.5. The van der Waals surface area contributed by atoms with Crippen LogP contribution in [0.2, 0.25) is 0 Å². The van der Waals surface area contributed by atoms with Crippen LogP contribution in [-0.2, 0) is 6.42 Å². The summed E-state index contributed by atoms with van der Waals surface area (Å²) < 4.78 is 0. The molecule has 1 heterocycles.